The van der Waals surface area contributed by atoms with E-state index in [1.54, 1.807) is 0 Å². The number of hydrogen-bond acceptors (Lipinski definition) is 8. The highest BCUT2D eigenvalue weighted by atomic mass is 32.2. The fourth-order valence-electron chi connectivity index (χ4n) is 3.80. The molecule has 8 heteroatoms. The van der Waals surface area contributed by atoms with Crippen LogP contribution in [-0.4, -0.2) is 52.9 Å². The highest BCUT2D eigenvalue weighted by Gasteiger charge is 2.30. The molecule has 2 aliphatic heterocycles. The standard InChI is InChI=1S/C30H52O4S4/c1-5-9-13-17-31-21-25-26(22-32-18-14-10-6-2)36-29(35-25)30-37-27(23-33-19-15-11-7-3)28(38-30)24-34-20-16-12-8-4/h5-24H2,1-4H3. The molecule has 0 bridgehead atoms. The molecule has 0 N–H and O–H groups in total. The van der Waals surface area contributed by atoms with Gasteiger partial charge in [-0.2, -0.15) is 0 Å². The van der Waals surface area contributed by atoms with E-state index in [0.29, 0.717) is 26.4 Å². The second-order valence-electron chi connectivity index (χ2n) is 9.71. The maximum absolute atomic E-state index is 6.08. The molecule has 0 spiro atoms. The first-order valence-corrected chi connectivity index (χ1v) is 18.2. The monoisotopic (exact) mass is 604 g/mol. The van der Waals surface area contributed by atoms with Gasteiger partial charge in [0.2, 0.25) is 0 Å². The van der Waals surface area contributed by atoms with Gasteiger partial charge in [0.25, 0.3) is 0 Å². The van der Waals surface area contributed by atoms with E-state index in [4.69, 9.17) is 18.9 Å². The Balaban J connectivity index is 2.00. The molecule has 0 aromatic rings. The fourth-order valence-corrected chi connectivity index (χ4v) is 9.33. The van der Waals surface area contributed by atoms with Crippen molar-refractivity contribution in [3.05, 3.63) is 28.1 Å². The van der Waals surface area contributed by atoms with Crippen LogP contribution in [0.25, 0.3) is 0 Å². The molecule has 0 radical (unpaired) electrons. The van der Waals surface area contributed by atoms with Crippen molar-refractivity contribution in [3.8, 4) is 0 Å². The summed E-state index contributed by atoms with van der Waals surface area (Å²) in [5.74, 6) is 0. The molecule has 0 unspecified atom stereocenters. The third-order valence-corrected chi connectivity index (χ3v) is 11.9. The van der Waals surface area contributed by atoms with Crippen molar-refractivity contribution < 1.29 is 18.9 Å². The SMILES string of the molecule is CCCCCOCC1=C(COCCCCC)SC(=C2SC(COCCCCC)=C(COCCCCC)S2)S1. The minimum atomic E-state index is 0.690. The van der Waals surface area contributed by atoms with Crippen LogP contribution in [0.3, 0.4) is 0 Å². The molecule has 220 valence electrons. The summed E-state index contributed by atoms with van der Waals surface area (Å²) in [6.07, 6.45) is 14.4. The summed E-state index contributed by atoms with van der Waals surface area (Å²) in [5.41, 5.74) is 0. The van der Waals surface area contributed by atoms with Gasteiger partial charge in [-0.3, -0.25) is 0 Å². The lowest BCUT2D eigenvalue weighted by Gasteiger charge is -2.07. The Hall–Kier alpha value is 0.460. The van der Waals surface area contributed by atoms with Crippen LogP contribution in [0.4, 0.5) is 0 Å². The first-order valence-electron chi connectivity index (χ1n) is 14.9. The van der Waals surface area contributed by atoms with Crippen LogP contribution in [0.2, 0.25) is 0 Å². The molecule has 0 fully saturated rings. The quantitative estimate of drug-likeness (QED) is 0.101. The smallest absolute Gasteiger partial charge is 0.0788 e. The molecule has 0 aromatic heterocycles. The topological polar surface area (TPSA) is 36.9 Å². The average Bonchev–Trinajstić information content (AvgIpc) is 3.52. The fraction of sp³-hybridized carbons (Fsp3) is 0.800. The highest BCUT2D eigenvalue weighted by Crippen LogP contribution is 2.60. The average molecular weight is 605 g/mol. The first-order chi connectivity index (χ1) is 18.7. The predicted octanol–water partition coefficient (Wildman–Crippen LogP) is 10.3. The number of unbranched alkanes of at least 4 members (excludes halogenated alkanes) is 8. The van der Waals surface area contributed by atoms with Crippen molar-refractivity contribution in [1.29, 1.82) is 0 Å². The number of hydrogen-bond donors (Lipinski definition) is 0. The van der Waals surface area contributed by atoms with Crippen LogP contribution >= 0.6 is 47.0 Å². The van der Waals surface area contributed by atoms with Crippen molar-refractivity contribution in [2.24, 2.45) is 0 Å². The summed E-state index contributed by atoms with van der Waals surface area (Å²) in [6, 6.07) is 0. The minimum Gasteiger partial charge on any atom is -0.376 e. The summed E-state index contributed by atoms with van der Waals surface area (Å²) < 4.78 is 27.1. The van der Waals surface area contributed by atoms with Crippen LogP contribution < -0.4 is 0 Å². The lowest BCUT2D eigenvalue weighted by atomic mass is 10.3. The number of rotatable bonds is 24. The van der Waals surface area contributed by atoms with Crippen molar-refractivity contribution >= 4 is 47.0 Å². The zero-order valence-electron chi connectivity index (χ0n) is 24.4. The minimum absolute atomic E-state index is 0.690. The number of ether oxygens (including phenoxy) is 4. The van der Waals surface area contributed by atoms with Crippen LogP contribution in [0.5, 0.6) is 0 Å². The number of thioether (sulfide) groups is 4. The van der Waals surface area contributed by atoms with Gasteiger partial charge in [-0.05, 0) is 25.7 Å². The van der Waals surface area contributed by atoms with E-state index in [2.05, 4.69) is 27.7 Å². The Morgan fingerprint density at radius 2 is 0.605 bits per heavy atom. The normalized spacial score (nSPS) is 16.1. The van der Waals surface area contributed by atoms with E-state index in [-0.39, 0.29) is 0 Å². The zero-order valence-corrected chi connectivity index (χ0v) is 27.7. The molecule has 0 amide bonds. The third-order valence-electron chi connectivity index (χ3n) is 6.15. The van der Waals surface area contributed by atoms with Crippen molar-refractivity contribution in [1.82, 2.24) is 0 Å². The van der Waals surface area contributed by atoms with Gasteiger partial charge in [0.15, 0.2) is 0 Å². The van der Waals surface area contributed by atoms with Crippen molar-refractivity contribution in [3.63, 3.8) is 0 Å². The Kier molecular flexibility index (Phi) is 21.0. The van der Waals surface area contributed by atoms with Gasteiger partial charge in [0.1, 0.15) is 0 Å². The summed E-state index contributed by atoms with van der Waals surface area (Å²) in [4.78, 5) is 5.30. The molecule has 2 rings (SSSR count). The van der Waals surface area contributed by atoms with Crippen LogP contribution in [-0.2, 0) is 18.9 Å². The first kappa shape index (κ1) is 34.7. The Bertz CT molecular complexity index is 620. The van der Waals surface area contributed by atoms with E-state index in [9.17, 15) is 0 Å². The molecule has 0 aromatic carbocycles. The highest BCUT2D eigenvalue weighted by molar-refractivity contribution is 8.34. The maximum atomic E-state index is 6.08. The van der Waals surface area contributed by atoms with E-state index in [0.717, 1.165) is 52.1 Å². The molecular formula is C30H52O4S4. The molecule has 0 atom stereocenters. The lowest BCUT2D eigenvalue weighted by Crippen LogP contribution is -2.02. The van der Waals surface area contributed by atoms with E-state index in [1.165, 1.54) is 79.5 Å². The molecule has 2 heterocycles. The Morgan fingerprint density at radius 3 is 0.816 bits per heavy atom. The van der Waals surface area contributed by atoms with Gasteiger partial charge < -0.3 is 18.9 Å². The molecule has 0 saturated carbocycles. The summed E-state index contributed by atoms with van der Waals surface area (Å²) in [6.45, 7) is 15.0. The Labute approximate surface area is 250 Å². The van der Waals surface area contributed by atoms with E-state index >= 15 is 0 Å². The zero-order chi connectivity index (χ0) is 27.3. The summed E-state index contributed by atoms with van der Waals surface area (Å²) in [7, 11) is 0. The third kappa shape index (κ3) is 14.4. The molecule has 0 saturated heterocycles. The molecule has 4 nitrogen and oxygen atoms in total. The largest absolute Gasteiger partial charge is 0.376 e. The van der Waals surface area contributed by atoms with Crippen LogP contribution in [0, 0.1) is 0 Å². The van der Waals surface area contributed by atoms with Gasteiger partial charge in [-0.1, -0.05) is 126 Å². The molecular weight excluding hydrogens is 553 g/mol. The van der Waals surface area contributed by atoms with Gasteiger partial charge in [0, 0.05) is 46.0 Å². The van der Waals surface area contributed by atoms with Crippen molar-refractivity contribution in [2.75, 3.05) is 52.9 Å². The van der Waals surface area contributed by atoms with Crippen molar-refractivity contribution in [2.45, 2.75) is 105 Å². The van der Waals surface area contributed by atoms with Crippen LogP contribution in [0.1, 0.15) is 105 Å². The molecule has 38 heavy (non-hydrogen) atoms. The Morgan fingerprint density at radius 1 is 0.368 bits per heavy atom. The van der Waals surface area contributed by atoms with E-state index in [1.807, 2.05) is 47.0 Å². The van der Waals surface area contributed by atoms with Gasteiger partial charge in [0.05, 0.1) is 34.9 Å². The van der Waals surface area contributed by atoms with E-state index < -0.39 is 0 Å². The predicted molar refractivity (Wildman–Crippen MR) is 173 cm³/mol. The maximum Gasteiger partial charge on any atom is 0.0788 e. The lowest BCUT2D eigenvalue weighted by molar-refractivity contribution is 0.147. The molecule has 0 aliphatic carbocycles. The van der Waals surface area contributed by atoms with Gasteiger partial charge in [-0.15, -0.1) is 0 Å². The van der Waals surface area contributed by atoms with Gasteiger partial charge >= 0.3 is 0 Å². The van der Waals surface area contributed by atoms with Gasteiger partial charge in [-0.25, -0.2) is 0 Å². The molecule has 2 aliphatic rings. The summed E-state index contributed by atoms with van der Waals surface area (Å²) >= 11 is 7.56. The second-order valence-corrected chi connectivity index (χ2v) is 14.7. The second kappa shape index (κ2) is 23.1. The van der Waals surface area contributed by atoms with Crippen LogP contribution in [0.15, 0.2) is 28.1 Å². The summed E-state index contributed by atoms with van der Waals surface area (Å²) in [5, 5.41) is 0.